The van der Waals surface area contributed by atoms with E-state index in [1.807, 2.05) is 73.2 Å². The van der Waals surface area contributed by atoms with Crippen LogP contribution < -0.4 is 10.2 Å². The predicted molar refractivity (Wildman–Crippen MR) is 160 cm³/mol. The number of rotatable bonds is 7. The molecule has 0 bridgehead atoms. The van der Waals surface area contributed by atoms with Crippen molar-refractivity contribution in [2.24, 2.45) is 0 Å². The van der Waals surface area contributed by atoms with Gasteiger partial charge in [0, 0.05) is 55.8 Å². The zero-order chi connectivity index (χ0) is 27.3. The largest absolute Gasteiger partial charge is 0.353 e. The number of hydrogen-bond acceptors (Lipinski definition) is 6. The average molecular weight is 549 g/mol. The minimum atomic E-state index is -0.0820. The summed E-state index contributed by atoms with van der Waals surface area (Å²) in [5.74, 6) is 0.824. The highest BCUT2D eigenvalue weighted by Gasteiger charge is 2.19. The molecule has 3 aromatic carbocycles. The Hall–Kier alpha value is -4.33. The highest BCUT2D eigenvalue weighted by Crippen LogP contribution is 2.26. The summed E-state index contributed by atoms with van der Waals surface area (Å²) in [7, 11) is 0. The monoisotopic (exact) mass is 548 g/mol. The van der Waals surface area contributed by atoms with Gasteiger partial charge in [-0.3, -0.25) is 19.7 Å². The molecule has 0 aliphatic carbocycles. The molecule has 1 saturated heterocycles. The second-order valence-corrected chi connectivity index (χ2v) is 10.4. The first kappa shape index (κ1) is 25.9. The molecule has 1 aliphatic heterocycles. The lowest BCUT2D eigenvalue weighted by atomic mass is 10.0. The molecule has 7 nitrogen and oxygen atoms in total. The predicted octanol–water partition coefficient (Wildman–Crippen LogP) is 5.85. The molecule has 5 aromatic rings. The third-order valence-corrected chi connectivity index (χ3v) is 7.35. The fourth-order valence-corrected chi connectivity index (χ4v) is 5.21. The van der Waals surface area contributed by atoms with Crippen LogP contribution in [-0.2, 0) is 17.8 Å². The Labute approximate surface area is 238 Å². The Morgan fingerprint density at radius 3 is 2.40 bits per heavy atom. The smallest absolute Gasteiger partial charge is 0.228 e. The van der Waals surface area contributed by atoms with Crippen molar-refractivity contribution in [1.29, 1.82) is 0 Å². The Kier molecular flexibility index (Phi) is 7.66. The Balaban J connectivity index is 1.10. The van der Waals surface area contributed by atoms with E-state index in [0.29, 0.717) is 5.02 Å². The van der Waals surface area contributed by atoms with Crippen molar-refractivity contribution in [2.75, 3.05) is 36.4 Å². The topological polar surface area (TPSA) is 74.2 Å². The van der Waals surface area contributed by atoms with Crippen LogP contribution in [0, 0.1) is 0 Å². The summed E-state index contributed by atoms with van der Waals surface area (Å²) in [6, 6.07) is 25.5. The quantitative estimate of drug-likeness (QED) is 0.275. The minimum absolute atomic E-state index is 0.0820. The maximum Gasteiger partial charge on any atom is 0.228 e. The molecule has 200 valence electrons. The van der Waals surface area contributed by atoms with Gasteiger partial charge in [-0.05, 0) is 64.7 Å². The second kappa shape index (κ2) is 11.8. The number of anilines is 2. The number of piperazine rings is 1. The van der Waals surface area contributed by atoms with E-state index in [1.165, 1.54) is 5.56 Å². The van der Waals surface area contributed by atoms with E-state index in [1.54, 1.807) is 6.07 Å². The summed E-state index contributed by atoms with van der Waals surface area (Å²) < 4.78 is 0. The molecule has 0 spiro atoms. The van der Waals surface area contributed by atoms with Gasteiger partial charge in [0.2, 0.25) is 5.91 Å². The number of aromatic nitrogens is 3. The van der Waals surface area contributed by atoms with Gasteiger partial charge in [-0.15, -0.1) is 0 Å². The molecule has 1 aliphatic rings. The summed E-state index contributed by atoms with van der Waals surface area (Å²) >= 11 is 6.03. The molecule has 0 saturated carbocycles. The molecule has 8 heteroatoms. The molecular formula is C32H29ClN6O. The van der Waals surface area contributed by atoms with Gasteiger partial charge in [-0.2, -0.15) is 0 Å². The summed E-state index contributed by atoms with van der Waals surface area (Å²) in [4.78, 5) is 31.1. The van der Waals surface area contributed by atoms with Gasteiger partial charge in [-0.1, -0.05) is 48.0 Å². The number of carbonyl (C=O) groups is 1. The van der Waals surface area contributed by atoms with Gasteiger partial charge < -0.3 is 10.2 Å². The Morgan fingerprint density at radius 2 is 1.62 bits per heavy atom. The molecule has 0 radical (unpaired) electrons. The van der Waals surface area contributed by atoms with Crippen molar-refractivity contribution in [3.8, 4) is 11.1 Å². The normalized spacial score (nSPS) is 13.9. The van der Waals surface area contributed by atoms with Crippen LogP contribution in [-0.4, -0.2) is 51.9 Å². The van der Waals surface area contributed by atoms with Gasteiger partial charge in [0.05, 0.1) is 23.7 Å². The number of amides is 1. The van der Waals surface area contributed by atoms with Gasteiger partial charge >= 0.3 is 0 Å². The number of nitrogens with zero attached hydrogens (tertiary/aromatic N) is 5. The molecule has 3 heterocycles. The van der Waals surface area contributed by atoms with Crippen LogP contribution in [0.15, 0.2) is 97.5 Å². The van der Waals surface area contributed by atoms with E-state index in [4.69, 9.17) is 16.6 Å². The van der Waals surface area contributed by atoms with Crippen LogP contribution in [0.1, 0.15) is 11.1 Å². The van der Waals surface area contributed by atoms with Gasteiger partial charge in [0.25, 0.3) is 0 Å². The molecule has 2 aromatic heterocycles. The molecule has 40 heavy (non-hydrogen) atoms. The number of benzene rings is 3. The summed E-state index contributed by atoms with van der Waals surface area (Å²) in [6.07, 6.45) is 5.89. The van der Waals surface area contributed by atoms with Gasteiger partial charge in [-0.25, -0.2) is 4.98 Å². The van der Waals surface area contributed by atoms with Gasteiger partial charge in [0.1, 0.15) is 5.82 Å². The third kappa shape index (κ3) is 6.28. The maximum atomic E-state index is 12.5. The standard InChI is InChI=1S/C32H29ClN6O/c33-27-5-1-3-23(17-27)18-32(40)36-28-9-6-25(7-10-28)26-8-11-29-30(19-26)37-31(21-35-29)39-15-13-38(14-16-39)22-24-4-2-12-34-20-24/h1-12,17,19-21H,13-16,18,22H2,(H,36,40). The summed E-state index contributed by atoms with van der Waals surface area (Å²) in [6.45, 7) is 4.67. The van der Waals surface area contributed by atoms with E-state index in [-0.39, 0.29) is 12.3 Å². The van der Waals surface area contributed by atoms with Crippen LogP contribution in [0.25, 0.3) is 22.2 Å². The van der Waals surface area contributed by atoms with Crippen molar-refractivity contribution < 1.29 is 4.79 Å². The number of nitrogens with one attached hydrogen (secondary N) is 1. The molecule has 1 N–H and O–H groups in total. The Bertz CT molecular complexity index is 1620. The van der Waals surface area contributed by atoms with E-state index in [9.17, 15) is 4.79 Å². The van der Waals surface area contributed by atoms with E-state index >= 15 is 0 Å². The van der Waals surface area contributed by atoms with Crippen molar-refractivity contribution in [3.63, 3.8) is 0 Å². The summed E-state index contributed by atoms with van der Waals surface area (Å²) in [5.41, 5.74) is 6.70. The number of fused-ring (bicyclic) bond motifs is 1. The SMILES string of the molecule is O=C(Cc1cccc(Cl)c1)Nc1ccc(-c2ccc3ncc(N4CCN(Cc5cccnc5)CC4)nc3c2)cc1. The molecule has 1 amide bonds. The molecule has 1 fully saturated rings. The van der Waals surface area contributed by atoms with Crippen molar-refractivity contribution in [3.05, 3.63) is 114 Å². The third-order valence-electron chi connectivity index (χ3n) is 7.11. The lowest BCUT2D eigenvalue weighted by Crippen LogP contribution is -2.46. The zero-order valence-electron chi connectivity index (χ0n) is 22.0. The number of halogens is 1. The number of carbonyl (C=O) groups excluding carboxylic acids is 1. The van der Waals surface area contributed by atoms with E-state index < -0.39 is 0 Å². The lowest BCUT2D eigenvalue weighted by Gasteiger charge is -2.35. The maximum absolute atomic E-state index is 12.5. The fourth-order valence-electron chi connectivity index (χ4n) is 5.00. The zero-order valence-corrected chi connectivity index (χ0v) is 22.8. The van der Waals surface area contributed by atoms with Crippen molar-refractivity contribution in [1.82, 2.24) is 19.9 Å². The van der Waals surface area contributed by atoms with Crippen molar-refractivity contribution >= 4 is 40.0 Å². The highest BCUT2D eigenvalue weighted by molar-refractivity contribution is 6.30. The molecular weight excluding hydrogens is 520 g/mol. The van der Waals surface area contributed by atoms with Crippen LogP contribution >= 0.6 is 11.6 Å². The molecule has 0 atom stereocenters. The van der Waals surface area contributed by atoms with E-state index in [2.05, 4.69) is 43.3 Å². The average Bonchev–Trinajstić information content (AvgIpc) is 2.98. The highest BCUT2D eigenvalue weighted by atomic mass is 35.5. The lowest BCUT2D eigenvalue weighted by molar-refractivity contribution is -0.115. The van der Waals surface area contributed by atoms with Crippen LogP contribution in [0.4, 0.5) is 11.5 Å². The van der Waals surface area contributed by atoms with Crippen LogP contribution in [0.5, 0.6) is 0 Å². The molecule has 0 unspecified atom stereocenters. The second-order valence-electron chi connectivity index (χ2n) is 9.99. The first-order valence-electron chi connectivity index (χ1n) is 13.4. The number of pyridine rings is 1. The summed E-state index contributed by atoms with van der Waals surface area (Å²) in [5, 5.41) is 3.59. The minimum Gasteiger partial charge on any atom is -0.353 e. The van der Waals surface area contributed by atoms with E-state index in [0.717, 1.165) is 72.0 Å². The number of hydrogen-bond donors (Lipinski definition) is 1. The molecule has 6 rings (SSSR count). The van der Waals surface area contributed by atoms with Crippen molar-refractivity contribution in [2.45, 2.75) is 13.0 Å². The van der Waals surface area contributed by atoms with Crippen LogP contribution in [0.3, 0.4) is 0 Å². The van der Waals surface area contributed by atoms with Gasteiger partial charge in [0.15, 0.2) is 0 Å². The fraction of sp³-hybridized carbons (Fsp3) is 0.188. The first-order chi connectivity index (χ1) is 19.6. The van der Waals surface area contributed by atoms with Crippen LogP contribution in [0.2, 0.25) is 5.02 Å². The first-order valence-corrected chi connectivity index (χ1v) is 13.7. The Morgan fingerprint density at radius 1 is 0.825 bits per heavy atom.